The average Bonchev–Trinajstić information content (AvgIpc) is 3.24. The molecule has 0 spiro atoms. The molecule has 7 nitrogen and oxygen atoms in total. The number of likely N-dealkylation sites (tertiary alicyclic amines) is 1. The molecule has 3 heterocycles. The van der Waals surface area contributed by atoms with Gasteiger partial charge in [-0.2, -0.15) is 0 Å². The Bertz CT molecular complexity index is 1010. The lowest BCUT2D eigenvalue weighted by molar-refractivity contribution is -0.0297. The van der Waals surface area contributed by atoms with Crippen molar-refractivity contribution in [2.24, 2.45) is 7.05 Å². The second kappa shape index (κ2) is 6.98. The molecule has 1 N–H and O–H groups in total. The summed E-state index contributed by atoms with van der Waals surface area (Å²) in [5.74, 6) is 1.63. The number of methoxy groups -OCH3 is 1. The van der Waals surface area contributed by atoms with E-state index in [0.717, 1.165) is 22.5 Å². The standard InChI is InChI=1S/C21H26N4O3/c1-15-22-9-12-25(15)14-21(27)7-10-24(11-8-21)20(26)18-13-16-17(23(18)2)5-4-6-19(16)28-3/h4-6,9,12-13,27H,7-8,10-11,14H2,1-3H3. The zero-order valence-electron chi connectivity index (χ0n) is 16.6. The molecule has 0 bridgehead atoms. The van der Waals surface area contributed by atoms with Gasteiger partial charge in [0, 0.05) is 37.9 Å². The van der Waals surface area contributed by atoms with Gasteiger partial charge in [-0.1, -0.05) is 6.07 Å². The van der Waals surface area contributed by atoms with Gasteiger partial charge >= 0.3 is 0 Å². The van der Waals surface area contributed by atoms with Crippen LogP contribution in [0.5, 0.6) is 5.75 Å². The van der Waals surface area contributed by atoms with Crippen molar-refractivity contribution < 1.29 is 14.6 Å². The first-order valence-electron chi connectivity index (χ1n) is 9.54. The number of rotatable bonds is 4. The van der Waals surface area contributed by atoms with Gasteiger partial charge in [0.05, 0.1) is 24.8 Å². The average molecular weight is 382 g/mol. The minimum absolute atomic E-state index is 0.0124. The van der Waals surface area contributed by atoms with E-state index < -0.39 is 5.60 Å². The summed E-state index contributed by atoms with van der Waals surface area (Å²) >= 11 is 0. The molecule has 4 rings (SSSR count). The summed E-state index contributed by atoms with van der Waals surface area (Å²) in [5, 5.41) is 11.9. The highest BCUT2D eigenvalue weighted by Gasteiger charge is 2.35. The molecular weight excluding hydrogens is 356 g/mol. The third kappa shape index (κ3) is 3.16. The maximum absolute atomic E-state index is 13.1. The van der Waals surface area contributed by atoms with E-state index in [1.165, 1.54) is 0 Å². The minimum atomic E-state index is -0.815. The topological polar surface area (TPSA) is 72.5 Å². The van der Waals surface area contributed by atoms with Crippen molar-refractivity contribution >= 4 is 16.8 Å². The van der Waals surface area contributed by atoms with Crippen LogP contribution >= 0.6 is 0 Å². The van der Waals surface area contributed by atoms with E-state index in [0.29, 0.717) is 38.2 Å². The molecule has 148 valence electrons. The third-order valence-corrected chi connectivity index (χ3v) is 5.86. The summed E-state index contributed by atoms with van der Waals surface area (Å²) in [7, 11) is 3.54. The van der Waals surface area contributed by atoms with Crippen molar-refractivity contribution in [1.29, 1.82) is 0 Å². The van der Waals surface area contributed by atoms with Crippen LogP contribution in [0.1, 0.15) is 29.2 Å². The van der Waals surface area contributed by atoms with Crippen molar-refractivity contribution in [2.45, 2.75) is 31.9 Å². The van der Waals surface area contributed by atoms with Gasteiger partial charge < -0.3 is 23.9 Å². The Morgan fingerprint density at radius 2 is 2.07 bits per heavy atom. The first-order valence-corrected chi connectivity index (χ1v) is 9.54. The first-order chi connectivity index (χ1) is 13.4. The predicted molar refractivity (Wildman–Crippen MR) is 107 cm³/mol. The molecule has 28 heavy (non-hydrogen) atoms. The Morgan fingerprint density at radius 1 is 1.32 bits per heavy atom. The van der Waals surface area contributed by atoms with Crippen LogP contribution in [0.2, 0.25) is 0 Å². The highest BCUT2D eigenvalue weighted by Crippen LogP contribution is 2.30. The number of imidazole rings is 1. The van der Waals surface area contributed by atoms with E-state index in [-0.39, 0.29) is 5.91 Å². The number of hydrogen-bond acceptors (Lipinski definition) is 4. The van der Waals surface area contributed by atoms with E-state index in [1.54, 1.807) is 13.3 Å². The summed E-state index contributed by atoms with van der Waals surface area (Å²) in [6.45, 7) is 3.49. The van der Waals surface area contributed by atoms with Gasteiger partial charge in [0.2, 0.25) is 0 Å². The summed E-state index contributed by atoms with van der Waals surface area (Å²) in [6, 6.07) is 7.70. The molecule has 1 amide bonds. The molecule has 0 atom stereocenters. The number of ether oxygens (including phenoxy) is 1. The number of piperidine rings is 1. The van der Waals surface area contributed by atoms with Crippen molar-refractivity contribution in [2.75, 3.05) is 20.2 Å². The first kappa shape index (κ1) is 18.6. The number of aryl methyl sites for hydroxylation is 2. The summed E-state index contributed by atoms with van der Waals surface area (Å²) < 4.78 is 9.31. The molecule has 1 aliphatic rings. The lowest BCUT2D eigenvalue weighted by Gasteiger charge is -2.38. The van der Waals surface area contributed by atoms with Crippen molar-refractivity contribution in [3.05, 3.63) is 48.2 Å². The Labute approximate surface area is 164 Å². The zero-order chi connectivity index (χ0) is 19.9. The fraction of sp³-hybridized carbons (Fsp3) is 0.429. The molecular formula is C21H26N4O3. The van der Waals surface area contributed by atoms with Crippen LogP contribution in [-0.2, 0) is 13.6 Å². The summed E-state index contributed by atoms with van der Waals surface area (Å²) in [4.78, 5) is 19.2. The molecule has 2 aromatic heterocycles. The maximum Gasteiger partial charge on any atom is 0.270 e. The second-order valence-electron chi connectivity index (χ2n) is 7.60. The monoisotopic (exact) mass is 382 g/mol. The van der Waals surface area contributed by atoms with Gasteiger partial charge in [0.1, 0.15) is 17.3 Å². The second-order valence-corrected chi connectivity index (χ2v) is 7.60. The quantitative estimate of drug-likeness (QED) is 0.752. The zero-order valence-corrected chi connectivity index (χ0v) is 16.6. The van der Waals surface area contributed by atoms with Crippen LogP contribution < -0.4 is 4.74 Å². The number of amides is 1. The largest absolute Gasteiger partial charge is 0.496 e. The minimum Gasteiger partial charge on any atom is -0.496 e. The Morgan fingerprint density at radius 3 is 2.71 bits per heavy atom. The van der Waals surface area contributed by atoms with Crippen LogP contribution in [0.4, 0.5) is 0 Å². The van der Waals surface area contributed by atoms with Gasteiger partial charge in [-0.25, -0.2) is 4.98 Å². The number of carbonyl (C=O) groups is 1. The van der Waals surface area contributed by atoms with Crippen LogP contribution in [0.3, 0.4) is 0 Å². The van der Waals surface area contributed by atoms with Gasteiger partial charge in [0.15, 0.2) is 0 Å². The number of carbonyl (C=O) groups excluding carboxylic acids is 1. The molecule has 1 fully saturated rings. The van der Waals surface area contributed by atoms with Gasteiger partial charge in [-0.3, -0.25) is 4.79 Å². The number of fused-ring (bicyclic) bond motifs is 1. The van der Waals surface area contributed by atoms with Crippen molar-refractivity contribution in [3.8, 4) is 5.75 Å². The molecule has 0 aliphatic carbocycles. The number of aliphatic hydroxyl groups is 1. The normalized spacial score (nSPS) is 16.5. The van der Waals surface area contributed by atoms with E-state index in [1.807, 2.05) is 58.5 Å². The van der Waals surface area contributed by atoms with Gasteiger partial charge in [0.25, 0.3) is 5.91 Å². The van der Waals surface area contributed by atoms with Gasteiger partial charge in [-0.05, 0) is 38.0 Å². The lowest BCUT2D eigenvalue weighted by atomic mass is 9.91. The van der Waals surface area contributed by atoms with Crippen molar-refractivity contribution in [1.82, 2.24) is 19.0 Å². The molecule has 7 heteroatoms. The Balaban J connectivity index is 1.51. The highest BCUT2D eigenvalue weighted by atomic mass is 16.5. The van der Waals surface area contributed by atoms with Crippen LogP contribution in [-0.4, -0.2) is 55.8 Å². The van der Waals surface area contributed by atoms with E-state index >= 15 is 0 Å². The SMILES string of the molecule is COc1cccc2c1cc(C(=O)N1CCC(O)(Cn3ccnc3C)CC1)n2C. The molecule has 0 radical (unpaired) electrons. The molecule has 1 aliphatic heterocycles. The smallest absolute Gasteiger partial charge is 0.270 e. The highest BCUT2D eigenvalue weighted by molar-refractivity contribution is 6.00. The van der Waals surface area contributed by atoms with E-state index in [4.69, 9.17) is 4.74 Å². The third-order valence-electron chi connectivity index (χ3n) is 5.86. The Hall–Kier alpha value is -2.80. The van der Waals surface area contributed by atoms with Crippen LogP contribution in [0.25, 0.3) is 10.9 Å². The molecule has 3 aromatic rings. The number of nitrogens with zero attached hydrogens (tertiary/aromatic N) is 4. The fourth-order valence-electron chi connectivity index (χ4n) is 4.05. The molecule has 1 saturated heterocycles. The van der Waals surface area contributed by atoms with Gasteiger partial charge in [-0.15, -0.1) is 0 Å². The molecule has 0 saturated carbocycles. The van der Waals surface area contributed by atoms with Crippen molar-refractivity contribution in [3.63, 3.8) is 0 Å². The predicted octanol–water partition coefficient (Wildman–Crippen LogP) is 2.36. The fourth-order valence-corrected chi connectivity index (χ4v) is 4.05. The Kier molecular flexibility index (Phi) is 4.63. The molecule has 0 unspecified atom stereocenters. The lowest BCUT2D eigenvalue weighted by Crippen LogP contribution is -2.49. The summed E-state index contributed by atoms with van der Waals surface area (Å²) in [5.41, 5.74) is 0.784. The number of benzene rings is 1. The maximum atomic E-state index is 13.1. The number of aromatic nitrogens is 3. The number of hydrogen-bond donors (Lipinski definition) is 1. The van der Waals surface area contributed by atoms with E-state index in [2.05, 4.69) is 4.98 Å². The summed E-state index contributed by atoms with van der Waals surface area (Å²) in [6.07, 6.45) is 4.71. The van der Waals surface area contributed by atoms with Crippen LogP contribution in [0, 0.1) is 6.92 Å². The van der Waals surface area contributed by atoms with E-state index in [9.17, 15) is 9.90 Å². The van der Waals surface area contributed by atoms with Crippen LogP contribution in [0.15, 0.2) is 36.7 Å². The molecule has 1 aromatic carbocycles.